The Morgan fingerprint density at radius 3 is 2.44 bits per heavy atom. The van der Waals surface area contributed by atoms with Crippen molar-refractivity contribution in [3.05, 3.63) is 23.8 Å². The van der Waals surface area contributed by atoms with Crippen LogP contribution >= 0.6 is 0 Å². The summed E-state index contributed by atoms with van der Waals surface area (Å²) >= 11 is 0. The van der Waals surface area contributed by atoms with Gasteiger partial charge in [-0.3, -0.25) is 0 Å². The van der Waals surface area contributed by atoms with E-state index in [0.717, 1.165) is 24.1 Å². The number of hydrogen-bond donors (Lipinski definition) is 2. The van der Waals surface area contributed by atoms with Gasteiger partial charge < -0.3 is 11.1 Å². The van der Waals surface area contributed by atoms with Crippen LogP contribution in [0.3, 0.4) is 0 Å². The first-order valence-electron chi connectivity index (χ1n) is 7.29. The molecule has 100 valence electrons. The van der Waals surface area contributed by atoms with Gasteiger partial charge in [0.2, 0.25) is 0 Å². The summed E-state index contributed by atoms with van der Waals surface area (Å²) < 4.78 is 0. The third-order valence-electron chi connectivity index (χ3n) is 4.38. The van der Waals surface area contributed by atoms with Crippen molar-refractivity contribution in [1.82, 2.24) is 0 Å². The van der Waals surface area contributed by atoms with Crippen molar-refractivity contribution in [2.75, 3.05) is 17.6 Å². The maximum absolute atomic E-state index is 5.77. The summed E-state index contributed by atoms with van der Waals surface area (Å²) in [6.07, 6.45) is 6.98. The van der Waals surface area contributed by atoms with E-state index in [0.29, 0.717) is 0 Å². The molecule has 2 heteroatoms. The summed E-state index contributed by atoms with van der Waals surface area (Å²) in [6.45, 7) is 5.55. The van der Waals surface area contributed by atoms with E-state index < -0.39 is 0 Å². The fourth-order valence-corrected chi connectivity index (χ4v) is 2.98. The summed E-state index contributed by atoms with van der Waals surface area (Å²) in [7, 11) is 0. The topological polar surface area (TPSA) is 38.0 Å². The van der Waals surface area contributed by atoms with E-state index in [-0.39, 0.29) is 0 Å². The fraction of sp³-hybridized carbons (Fsp3) is 0.625. The Labute approximate surface area is 111 Å². The monoisotopic (exact) mass is 246 g/mol. The summed E-state index contributed by atoms with van der Waals surface area (Å²) in [6, 6.07) is 6.11. The summed E-state index contributed by atoms with van der Waals surface area (Å²) in [5.74, 6) is 1.84. The molecule has 1 aliphatic rings. The van der Waals surface area contributed by atoms with E-state index in [2.05, 4.69) is 25.2 Å². The minimum absolute atomic E-state index is 0.849. The predicted octanol–water partition coefficient (Wildman–Crippen LogP) is 4.21. The Morgan fingerprint density at radius 1 is 1.17 bits per heavy atom. The van der Waals surface area contributed by atoms with Gasteiger partial charge in [-0.15, -0.1) is 0 Å². The molecule has 1 saturated carbocycles. The molecule has 0 aliphatic heterocycles. The zero-order valence-corrected chi connectivity index (χ0v) is 11.7. The van der Waals surface area contributed by atoms with Gasteiger partial charge in [0.1, 0.15) is 0 Å². The lowest BCUT2D eigenvalue weighted by Crippen LogP contribution is -2.21. The number of nitrogens with one attached hydrogen (secondary N) is 1. The van der Waals surface area contributed by atoms with Crippen molar-refractivity contribution >= 4 is 11.4 Å². The minimum Gasteiger partial charge on any atom is -0.399 e. The third kappa shape index (κ3) is 3.41. The quantitative estimate of drug-likeness (QED) is 0.781. The Bertz CT molecular complexity index is 379. The van der Waals surface area contributed by atoms with E-state index >= 15 is 0 Å². The highest BCUT2D eigenvalue weighted by atomic mass is 14.9. The largest absolute Gasteiger partial charge is 0.399 e. The van der Waals surface area contributed by atoms with E-state index in [9.17, 15) is 0 Å². The van der Waals surface area contributed by atoms with Crippen molar-refractivity contribution in [1.29, 1.82) is 0 Å². The lowest BCUT2D eigenvalue weighted by Gasteiger charge is -2.28. The molecule has 0 aromatic heterocycles. The van der Waals surface area contributed by atoms with Crippen LogP contribution in [0.25, 0.3) is 0 Å². The minimum atomic E-state index is 0.849. The number of nitrogens with two attached hydrogens (primary N) is 1. The maximum atomic E-state index is 5.77. The van der Waals surface area contributed by atoms with Crippen molar-refractivity contribution in [2.24, 2.45) is 11.8 Å². The average molecular weight is 246 g/mol. The number of benzene rings is 1. The van der Waals surface area contributed by atoms with Crippen LogP contribution in [0.5, 0.6) is 0 Å². The van der Waals surface area contributed by atoms with Gasteiger partial charge in [0.15, 0.2) is 0 Å². The second kappa shape index (κ2) is 6.12. The highest BCUT2D eigenvalue weighted by Gasteiger charge is 2.19. The molecule has 0 bridgehead atoms. The van der Waals surface area contributed by atoms with Crippen LogP contribution in [0.15, 0.2) is 18.2 Å². The Hall–Kier alpha value is -1.18. The van der Waals surface area contributed by atoms with Crippen LogP contribution in [-0.2, 0) is 0 Å². The molecular weight excluding hydrogens is 220 g/mol. The maximum Gasteiger partial charge on any atom is 0.0371 e. The first-order valence-corrected chi connectivity index (χ1v) is 7.29. The molecule has 0 amide bonds. The molecule has 0 radical (unpaired) electrons. The Kier molecular flexibility index (Phi) is 4.51. The number of hydrogen-bond acceptors (Lipinski definition) is 2. The number of aryl methyl sites for hydroxylation is 1. The summed E-state index contributed by atoms with van der Waals surface area (Å²) in [4.78, 5) is 0. The molecule has 1 aliphatic carbocycles. The molecule has 3 N–H and O–H groups in total. The molecule has 1 aromatic carbocycles. The molecule has 1 aromatic rings. The first-order chi connectivity index (χ1) is 8.69. The van der Waals surface area contributed by atoms with Gasteiger partial charge in [-0.05, 0) is 55.4 Å². The van der Waals surface area contributed by atoms with Gasteiger partial charge in [0, 0.05) is 17.9 Å². The Balaban J connectivity index is 1.81. The zero-order chi connectivity index (χ0) is 13.0. The first kappa shape index (κ1) is 13.3. The summed E-state index contributed by atoms with van der Waals surface area (Å²) in [5.41, 5.74) is 9.10. The van der Waals surface area contributed by atoms with Crippen LogP contribution in [0.4, 0.5) is 11.4 Å². The highest BCUT2D eigenvalue weighted by Crippen LogP contribution is 2.31. The van der Waals surface area contributed by atoms with E-state index in [4.69, 9.17) is 5.73 Å². The summed E-state index contributed by atoms with van der Waals surface area (Å²) in [5, 5.41) is 3.59. The standard InChI is InChI=1S/C16H26N2/c1-3-13-4-6-14(7-5-13)11-18-16-9-8-15(17)10-12(16)2/h8-10,13-14,18H,3-7,11,17H2,1-2H3. The molecule has 18 heavy (non-hydrogen) atoms. The SMILES string of the molecule is CCC1CCC(CNc2ccc(N)cc2C)CC1. The average Bonchev–Trinajstić information content (AvgIpc) is 2.38. The smallest absolute Gasteiger partial charge is 0.0371 e. The van der Waals surface area contributed by atoms with Crippen LogP contribution in [-0.4, -0.2) is 6.54 Å². The van der Waals surface area contributed by atoms with E-state index in [1.807, 2.05) is 12.1 Å². The molecule has 0 unspecified atom stereocenters. The van der Waals surface area contributed by atoms with Crippen LogP contribution < -0.4 is 11.1 Å². The molecule has 0 atom stereocenters. The van der Waals surface area contributed by atoms with Gasteiger partial charge in [0.05, 0.1) is 0 Å². The second-order valence-electron chi connectivity index (χ2n) is 5.75. The van der Waals surface area contributed by atoms with E-state index in [1.165, 1.54) is 43.4 Å². The van der Waals surface area contributed by atoms with Crippen molar-refractivity contribution < 1.29 is 0 Å². The van der Waals surface area contributed by atoms with Crippen molar-refractivity contribution in [3.63, 3.8) is 0 Å². The van der Waals surface area contributed by atoms with Crippen LogP contribution in [0.1, 0.15) is 44.6 Å². The molecule has 0 saturated heterocycles. The normalized spacial score (nSPS) is 23.9. The van der Waals surface area contributed by atoms with Crippen molar-refractivity contribution in [2.45, 2.75) is 46.0 Å². The fourth-order valence-electron chi connectivity index (χ4n) is 2.98. The predicted molar refractivity (Wildman–Crippen MR) is 79.8 cm³/mol. The Morgan fingerprint density at radius 2 is 1.83 bits per heavy atom. The third-order valence-corrected chi connectivity index (χ3v) is 4.38. The van der Waals surface area contributed by atoms with Gasteiger partial charge in [-0.25, -0.2) is 0 Å². The number of nitrogen functional groups attached to an aromatic ring is 1. The van der Waals surface area contributed by atoms with Gasteiger partial charge >= 0.3 is 0 Å². The van der Waals surface area contributed by atoms with E-state index in [1.54, 1.807) is 0 Å². The van der Waals surface area contributed by atoms with Gasteiger partial charge in [-0.1, -0.05) is 26.2 Å². The molecule has 0 heterocycles. The highest BCUT2D eigenvalue weighted by molar-refractivity contribution is 5.57. The van der Waals surface area contributed by atoms with Crippen molar-refractivity contribution in [3.8, 4) is 0 Å². The molecular formula is C16H26N2. The number of anilines is 2. The number of rotatable bonds is 4. The van der Waals surface area contributed by atoms with Crippen LogP contribution in [0, 0.1) is 18.8 Å². The van der Waals surface area contributed by atoms with Crippen LogP contribution in [0.2, 0.25) is 0 Å². The zero-order valence-electron chi connectivity index (χ0n) is 11.7. The van der Waals surface area contributed by atoms with Gasteiger partial charge in [0.25, 0.3) is 0 Å². The van der Waals surface area contributed by atoms with Gasteiger partial charge in [-0.2, -0.15) is 0 Å². The lowest BCUT2D eigenvalue weighted by atomic mass is 9.81. The lowest BCUT2D eigenvalue weighted by molar-refractivity contribution is 0.278. The molecule has 2 nitrogen and oxygen atoms in total. The second-order valence-corrected chi connectivity index (χ2v) is 5.75. The molecule has 1 fully saturated rings. The molecule has 0 spiro atoms. The molecule has 2 rings (SSSR count).